The lowest BCUT2D eigenvalue weighted by Crippen LogP contribution is -2.42. The second kappa shape index (κ2) is 7.16. The van der Waals surface area contributed by atoms with Gasteiger partial charge in [-0.15, -0.1) is 5.10 Å². The minimum absolute atomic E-state index is 0.0678. The maximum absolute atomic E-state index is 13.6. The first-order valence-corrected chi connectivity index (χ1v) is 8.98. The van der Waals surface area contributed by atoms with Crippen LogP contribution in [0.5, 0.6) is 0 Å². The Morgan fingerprint density at radius 1 is 1.21 bits per heavy atom. The molecular formula is C17H12Cl2F2N6O. The SMILES string of the molecule is CC1Cc2c(nnn2-c2ncc(F)cn2)C(C(=O)c2ccc(F)c(Cl)c2Cl)N1. The first kappa shape index (κ1) is 18.9. The number of nitrogens with one attached hydrogen (secondary N) is 1. The van der Waals surface area contributed by atoms with Crippen LogP contribution in [0.3, 0.4) is 0 Å². The summed E-state index contributed by atoms with van der Waals surface area (Å²) in [6, 6.07) is 1.37. The number of benzene rings is 1. The van der Waals surface area contributed by atoms with Gasteiger partial charge in [-0.25, -0.2) is 18.7 Å². The van der Waals surface area contributed by atoms with Crippen molar-refractivity contribution in [3.63, 3.8) is 0 Å². The third-order valence-electron chi connectivity index (χ3n) is 4.38. The Morgan fingerprint density at radius 2 is 1.93 bits per heavy atom. The third-order valence-corrected chi connectivity index (χ3v) is 5.24. The van der Waals surface area contributed by atoms with Crippen molar-refractivity contribution in [3.8, 4) is 5.95 Å². The van der Waals surface area contributed by atoms with Gasteiger partial charge in [-0.05, 0) is 19.1 Å². The second-order valence-electron chi connectivity index (χ2n) is 6.33. The first-order chi connectivity index (χ1) is 13.4. The van der Waals surface area contributed by atoms with E-state index in [-0.39, 0.29) is 27.6 Å². The lowest BCUT2D eigenvalue weighted by Gasteiger charge is -2.27. The minimum Gasteiger partial charge on any atom is -0.299 e. The molecule has 0 saturated carbocycles. The van der Waals surface area contributed by atoms with E-state index in [4.69, 9.17) is 23.2 Å². The molecule has 0 radical (unpaired) electrons. The highest BCUT2D eigenvalue weighted by Crippen LogP contribution is 2.33. The molecule has 1 aliphatic rings. The smallest absolute Gasteiger partial charge is 0.252 e. The number of hydrogen-bond acceptors (Lipinski definition) is 6. The Morgan fingerprint density at radius 3 is 2.64 bits per heavy atom. The summed E-state index contributed by atoms with van der Waals surface area (Å²) in [4.78, 5) is 20.9. The lowest BCUT2D eigenvalue weighted by atomic mass is 9.93. The van der Waals surface area contributed by atoms with Crippen molar-refractivity contribution in [2.45, 2.75) is 25.4 Å². The largest absolute Gasteiger partial charge is 0.299 e. The van der Waals surface area contributed by atoms with Crippen LogP contribution in [0.1, 0.15) is 34.7 Å². The Hall–Kier alpha value is -2.49. The van der Waals surface area contributed by atoms with Crippen molar-refractivity contribution >= 4 is 29.0 Å². The highest BCUT2D eigenvalue weighted by Gasteiger charge is 2.36. The van der Waals surface area contributed by atoms with E-state index in [0.717, 1.165) is 18.5 Å². The number of fused-ring (bicyclic) bond motifs is 1. The highest BCUT2D eigenvalue weighted by molar-refractivity contribution is 6.44. The molecule has 28 heavy (non-hydrogen) atoms. The molecule has 2 atom stereocenters. The molecule has 1 N–H and O–H groups in total. The summed E-state index contributed by atoms with van der Waals surface area (Å²) in [5.41, 5.74) is 1.05. The Kier molecular flexibility index (Phi) is 4.82. The third kappa shape index (κ3) is 3.15. The van der Waals surface area contributed by atoms with Gasteiger partial charge in [0.25, 0.3) is 5.95 Å². The summed E-state index contributed by atoms with van der Waals surface area (Å²) in [5.74, 6) is -1.58. The number of carbonyl (C=O) groups is 1. The summed E-state index contributed by atoms with van der Waals surface area (Å²) in [7, 11) is 0. The summed E-state index contributed by atoms with van der Waals surface area (Å²) < 4.78 is 28.1. The average molecular weight is 425 g/mol. The zero-order valence-corrected chi connectivity index (χ0v) is 15.8. The van der Waals surface area contributed by atoms with E-state index < -0.39 is 23.5 Å². The van der Waals surface area contributed by atoms with Gasteiger partial charge in [0.15, 0.2) is 11.6 Å². The standard InChI is InChI=1S/C17H12Cl2F2N6O/c1-7-4-11-14(25-26-27(11)17-22-5-8(20)6-23-17)15(24-7)16(28)9-2-3-10(21)13(19)12(9)18/h2-3,5-7,15,24H,4H2,1H3. The molecule has 2 aromatic heterocycles. The van der Waals surface area contributed by atoms with Crippen molar-refractivity contribution in [2.75, 3.05) is 0 Å². The Labute approximate surface area is 167 Å². The van der Waals surface area contributed by atoms with Crippen LogP contribution in [0, 0.1) is 11.6 Å². The molecule has 1 aromatic carbocycles. The normalized spacial score (nSPS) is 18.8. The molecule has 3 heterocycles. The van der Waals surface area contributed by atoms with Crippen LogP contribution in [0.15, 0.2) is 24.5 Å². The number of nitrogens with zero attached hydrogens (tertiary/aromatic N) is 5. The number of ketones is 1. The average Bonchev–Trinajstić information content (AvgIpc) is 3.09. The first-order valence-electron chi connectivity index (χ1n) is 8.23. The molecule has 0 spiro atoms. The molecular weight excluding hydrogens is 413 g/mol. The maximum atomic E-state index is 13.6. The molecule has 0 bridgehead atoms. The monoisotopic (exact) mass is 424 g/mol. The van der Waals surface area contributed by atoms with Gasteiger partial charge in [0.2, 0.25) is 0 Å². The Bertz CT molecular complexity index is 1070. The van der Waals surface area contributed by atoms with Crippen LogP contribution in [0.25, 0.3) is 5.95 Å². The number of aromatic nitrogens is 5. The molecule has 0 fully saturated rings. The van der Waals surface area contributed by atoms with E-state index in [0.29, 0.717) is 17.8 Å². The quantitative estimate of drug-likeness (QED) is 0.513. The summed E-state index contributed by atoms with van der Waals surface area (Å²) in [6.07, 6.45) is 2.53. The zero-order chi connectivity index (χ0) is 20.0. The maximum Gasteiger partial charge on any atom is 0.252 e. The second-order valence-corrected chi connectivity index (χ2v) is 7.08. The van der Waals surface area contributed by atoms with Gasteiger partial charge >= 0.3 is 0 Å². The van der Waals surface area contributed by atoms with Gasteiger partial charge in [-0.2, -0.15) is 4.68 Å². The number of hydrogen-bond donors (Lipinski definition) is 1. The van der Waals surface area contributed by atoms with Crippen molar-refractivity contribution < 1.29 is 13.6 Å². The molecule has 1 aliphatic heterocycles. The summed E-state index contributed by atoms with van der Waals surface area (Å²) in [6.45, 7) is 1.88. The molecule has 144 valence electrons. The van der Waals surface area contributed by atoms with E-state index in [1.165, 1.54) is 10.7 Å². The predicted molar refractivity (Wildman–Crippen MR) is 96.7 cm³/mol. The zero-order valence-electron chi connectivity index (χ0n) is 14.3. The van der Waals surface area contributed by atoms with Crippen molar-refractivity contribution in [1.29, 1.82) is 0 Å². The number of halogens is 4. The van der Waals surface area contributed by atoms with Gasteiger partial charge in [0.1, 0.15) is 17.6 Å². The number of carbonyl (C=O) groups excluding carboxylic acids is 1. The van der Waals surface area contributed by atoms with Gasteiger partial charge in [0, 0.05) is 18.0 Å². The van der Waals surface area contributed by atoms with E-state index in [9.17, 15) is 13.6 Å². The molecule has 11 heteroatoms. The molecule has 7 nitrogen and oxygen atoms in total. The van der Waals surface area contributed by atoms with E-state index in [1.807, 2.05) is 6.92 Å². The molecule has 0 aliphatic carbocycles. The van der Waals surface area contributed by atoms with Crippen LogP contribution in [-0.2, 0) is 6.42 Å². The summed E-state index contributed by atoms with van der Waals surface area (Å²) in [5, 5.41) is 10.8. The van der Waals surface area contributed by atoms with Crippen LogP contribution < -0.4 is 5.32 Å². The topological polar surface area (TPSA) is 85.6 Å². The predicted octanol–water partition coefficient (Wildman–Crippen LogP) is 3.10. The molecule has 4 rings (SSSR count). The van der Waals surface area contributed by atoms with Gasteiger partial charge in [-0.3, -0.25) is 10.1 Å². The summed E-state index contributed by atoms with van der Waals surface area (Å²) >= 11 is 11.9. The van der Waals surface area contributed by atoms with Gasteiger partial charge in [-0.1, -0.05) is 28.4 Å². The van der Waals surface area contributed by atoms with Gasteiger partial charge in [0.05, 0.1) is 28.1 Å². The molecule has 2 unspecified atom stereocenters. The molecule has 3 aromatic rings. The van der Waals surface area contributed by atoms with Crippen LogP contribution in [0.4, 0.5) is 8.78 Å². The number of Topliss-reactive ketones (excluding diaryl/α,β-unsaturated/α-hetero) is 1. The van der Waals surface area contributed by atoms with Crippen molar-refractivity contribution in [1.82, 2.24) is 30.3 Å². The fourth-order valence-corrected chi connectivity index (χ4v) is 3.50. The van der Waals surface area contributed by atoms with Crippen LogP contribution in [-0.4, -0.2) is 36.8 Å². The molecule has 0 amide bonds. The van der Waals surface area contributed by atoms with E-state index in [1.54, 1.807) is 0 Å². The van der Waals surface area contributed by atoms with Gasteiger partial charge < -0.3 is 0 Å². The lowest BCUT2D eigenvalue weighted by molar-refractivity contribution is 0.0929. The minimum atomic E-state index is -0.869. The van der Waals surface area contributed by atoms with E-state index >= 15 is 0 Å². The highest BCUT2D eigenvalue weighted by atomic mass is 35.5. The molecule has 0 saturated heterocycles. The number of rotatable bonds is 3. The van der Waals surface area contributed by atoms with E-state index in [2.05, 4.69) is 25.6 Å². The Balaban J connectivity index is 1.77. The van der Waals surface area contributed by atoms with Crippen LogP contribution in [0.2, 0.25) is 10.0 Å². The van der Waals surface area contributed by atoms with Crippen molar-refractivity contribution in [3.05, 3.63) is 63.2 Å². The van der Waals surface area contributed by atoms with Crippen LogP contribution >= 0.6 is 23.2 Å². The fourth-order valence-electron chi connectivity index (χ4n) is 3.09. The fraction of sp³-hybridized carbons (Fsp3) is 0.235. The van der Waals surface area contributed by atoms with Crippen molar-refractivity contribution in [2.24, 2.45) is 0 Å².